The van der Waals surface area contributed by atoms with Crippen LogP contribution in [0.3, 0.4) is 0 Å². The minimum absolute atomic E-state index is 0.00510. The number of aromatic amines is 1. The molecule has 0 aliphatic heterocycles. The number of hydrogen-bond donors (Lipinski definition) is 3. The van der Waals surface area contributed by atoms with E-state index in [-0.39, 0.29) is 18.0 Å². The molecule has 0 aliphatic carbocycles. The molecule has 1 heterocycles. The van der Waals surface area contributed by atoms with Crippen LogP contribution in [0.25, 0.3) is 10.8 Å². The number of nitrogens with one attached hydrogen (secondary N) is 2. The third-order valence-corrected chi connectivity index (χ3v) is 2.64. The Morgan fingerprint density at radius 3 is 2.89 bits per heavy atom. The molecule has 1 atom stereocenters. The summed E-state index contributed by atoms with van der Waals surface area (Å²) >= 11 is 0. The van der Waals surface area contributed by atoms with Crippen molar-refractivity contribution in [2.45, 2.75) is 19.4 Å². The van der Waals surface area contributed by atoms with Crippen molar-refractivity contribution < 1.29 is 9.90 Å². The highest BCUT2D eigenvalue weighted by atomic mass is 16.4. The van der Waals surface area contributed by atoms with Crippen LogP contribution in [0.2, 0.25) is 0 Å². The van der Waals surface area contributed by atoms with Crippen molar-refractivity contribution in [3.05, 3.63) is 40.7 Å². The van der Waals surface area contributed by atoms with Gasteiger partial charge < -0.3 is 15.4 Å². The van der Waals surface area contributed by atoms with Gasteiger partial charge in [-0.3, -0.25) is 9.59 Å². The first-order chi connectivity index (χ1) is 8.56. The minimum Gasteiger partial charge on any atom is -0.481 e. The van der Waals surface area contributed by atoms with Crippen molar-refractivity contribution in [3.63, 3.8) is 0 Å². The Bertz CT molecular complexity index is 633. The largest absolute Gasteiger partial charge is 0.481 e. The van der Waals surface area contributed by atoms with E-state index in [2.05, 4.69) is 10.3 Å². The lowest BCUT2D eigenvalue weighted by Crippen LogP contribution is -2.21. The Labute approximate surface area is 103 Å². The molecule has 5 heteroatoms. The number of carbonyl (C=O) groups is 1. The lowest BCUT2D eigenvalue weighted by molar-refractivity contribution is -0.137. The van der Waals surface area contributed by atoms with Gasteiger partial charge in [-0.15, -0.1) is 0 Å². The molecule has 5 nitrogen and oxygen atoms in total. The van der Waals surface area contributed by atoms with Gasteiger partial charge in [0.05, 0.1) is 6.42 Å². The van der Waals surface area contributed by atoms with E-state index in [9.17, 15) is 9.59 Å². The van der Waals surface area contributed by atoms with Gasteiger partial charge in [-0.05, 0) is 24.4 Å². The summed E-state index contributed by atoms with van der Waals surface area (Å²) in [7, 11) is 0. The van der Waals surface area contributed by atoms with Crippen LogP contribution in [0.15, 0.2) is 35.1 Å². The van der Waals surface area contributed by atoms with E-state index in [1.165, 1.54) is 0 Å². The summed E-state index contributed by atoms with van der Waals surface area (Å²) in [5, 5.41) is 13.1. The van der Waals surface area contributed by atoms with Crippen LogP contribution in [0.5, 0.6) is 0 Å². The number of hydrogen-bond acceptors (Lipinski definition) is 3. The predicted molar refractivity (Wildman–Crippen MR) is 69.9 cm³/mol. The number of rotatable bonds is 4. The van der Waals surface area contributed by atoms with Crippen molar-refractivity contribution in [2.75, 3.05) is 5.32 Å². The van der Waals surface area contributed by atoms with Gasteiger partial charge in [0.15, 0.2) is 0 Å². The van der Waals surface area contributed by atoms with Gasteiger partial charge in [-0.2, -0.15) is 0 Å². The summed E-state index contributed by atoms with van der Waals surface area (Å²) in [6.45, 7) is 1.75. The van der Waals surface area contributed by atoms with Gasteiger partial charge in [0.2, 0.25) is 0 Å². The number of benzene rings is 1. The predicted octanol–water partition coefficient (Wildman–Crippen LogP) is 1.80. The van der Waals surface area contributed by atoms with Crippen LogP contribution in [-0.4, -0.2) is 22.1 Å². The van der Waals surface area contributed by atoms with Gasteiger partial charge in [0.25, 0.3) is 5.56 Å². The van der Waals surface area contributed by atoms with Crippen LogP contribution in [0.1, 0.15) is 13.3 Å². The molecule has 0 radical (unpaired) electrons. The number of fused-ring (bicyclic) bond motifs is 1. The molecule has 94 valence electrons. The molecule has 0 fully saturated rings. The van der Waals surface area contributed by atoms with Crippen molar-refractivity contribution >= 4 is 22.6 Å². The Hall–Kier alpha value is -2.30. The summed E-state index contributed by atoms with van der Waals surface area (Å²) < 4.78 is 0. The SMILES string of the molecule is CC(CC(=O)O)Nc1cc2ccccc2c(=O)[nH]1. The third-order valence-electron chi connectivity index (χ3n) is 2.64. The molecule has 0 aliphatic rings. The summed E-state index contributed by atoms with van der Waals surface area (Å²) in [4.78, 5) is 25.1. The van der Waals surface area contributed by atoms with Gasteiger partial charge in [-0.25, -0.2) is 0 Å². The minimum atomic E-state index is -0.877. The molecule has 18 heavy (non-hydrogen) atoms. The van der Waals surface area contributed by atoms with Gasteiger partial charge in [0, 0.05) is 11.4 Å². The molecule has 0 amide bonds. The number of H-pyrrole nitrogens is 1. The highest BCUT2D eigenvalue weighted by Gasteiger charge is 2.08. The summed E-state index contributed by atoms with van der Waals surface area (Å²) in [5.41, 5.74) is -0.182. The quantitative estimate of drug-likeness (QED) is 0.768. The van der Waals surface area contributed by atoms with Crippen LogP contribution < -0.4 is 10.9 Å². The van der Waals surface area contributed by atoms with Crippen LogP contribution in [0, 0.1) is 0 Å². The fourth-order valence-electron chi connectivity index (χ4n) is 1.87. The average Bonchev–Trinajstić information content (AvgIpc) is 2.27. The summed E-state index contributed by atoms with van der Waals surface area (Å²) in [5.74, 6) is -0.342. The molecule has 0 saturated heterocycles. The number of carboxylic acids is 1. The fourth-order valence-corrected chi connectivity index (χ4v) is 1.87. The average molecular weight is 246 g/mol. The van der Waals surface area contributed by atoms with E-state index in [1.807, 2.05) is 12.1 Å². The van der Waals surface area contributed by atoms with Gasteiger partial charge in [0.1, 0.15) is 5.82 Å². The zero-order chi connectivity index (χ0) is 13.1. The molecule has 0 spiro atoms. The molecule has 2 aromatic rings. The third kappa shape index (κ3) is 2.68. The molecule has 0 saturated carbocycles. The topological polar surface area (TPSA) is 82.2 Å². The number of anilines is 1. The van der Waals surface area contributed by atoms with Crippen molar-refractivity contribution in [3.8, 4) is 0 Å². The first-order valence-electron chi connectivity index (χ1n) is 5.66. The molecule has 1 aromatic carbocycles. The Morgan fingerprint density at radius 1 is 1.44 bits per heavy atom. The molecule has 1 unspecified atom stereocenters. The van der Waals surface area contributed by atoms with Crippen molar-refractivity contribution in [1.82, 2.24) is 4.98 Å². The number of aliphatic carboxylic acids is 1. The smallest absolute Gasteiger partial charge is 0.305 e. The van der Waals surface area contributed by atoms with Crippen LogP contribution in [-0.2, 0) is 4.79 Å². The maximum absolute atomic E-state index is 11.8. The van der Waals surface area contributed by atoms with E-state index in [0.717, 1.165) is 5.39 Å². The normalized spacial score (nSPS) is 12.3. The van der Waals surface area contributed by atoms with E-state index in [4.69, 9.17) is 5.11 Å². The maximum Gasteiger partial charge on any atom is 0.305 e. The van der Waals surface area contributed by atoms with E-state index < -0.39 is 5.97 Å². The molecule has 2 rings (SSSR count). The molecule has 0 bridgehead atoms. The first-order valence-corrected chi connectivity index (χ1v) is 5.66. The molecule has 3 N–H and O–H groups in total. The van der Waals surface area contributed by atoms with Crippen LogP contribution in [0.4, 0.5) is 5.82 Å². The van der Waals surface area contributed by atoms with Crippen molar-refractivity contribution in [1.29, 1.82) is 0 Å². The second kappa shape index (κ2) is 4.91. The summed E-state index contributed by atoms with van der Waals surface area (Å²) in [6, 6.07) is 8.80. The Kier molecular flexibility index (Phi) is 3.32. The van der Waals surface area contributed by atoms with E-state index >= 15 is 0 Å². The Balaban J connectivity index is 2.30. The standard InChI is InChI=1S/C13H14N2O3/c1-8(6-12(16)17)14-11-7-9-4-2-3-5-10(9)13(18)15-11/h2-5,7-8H,6H2,1H3,(H,16,17)(H2,14,15,18). The lowest BCUT2D eigenvalue weighted by Gasteiger charge is -2.13. The number of aromatic nitrogens is 1. The van der Waals surface area contributed by atoms with Gasteiger partial charge in [-0.1, -0.05) is 18.2 Å². The maximum atomic E-state index is 11.8. The van der Waals surface area contributed by atoms with Gasteiger partial charge >= 0.3 is 5.97 Å². The van der Waals surface area contributed by atoms with Crippen molar-refractivity contribution in [2.24, 2.45) is 0 Å². The molecular formula is C13H14N2O3. The monoisotopic (exact) mass is 246 g/mol. The highest BCUT2D eigenvalue weighted by molar-refractivity contribution is 5.83. The zero-order valence-electron chi connectivity index (χ0n) is 9.93. The fraction of sp³-hybridized carbons (Fsp3) is 0.231. The summed E-state index contributed by atoms with van der Waals surface area (Å²) in [6.07, 6.45) is -0.00510. The molecule has 1 aromatic heterocycles. The van der Waals surface area contributed by atoms with E-state index in [0.29, 0.717) is 11.2 Å². The first kappa shape index (κ1) is 12.2. The second-order valence-electron chi connectivity index (χ2n) is 4.24. The number of carboxylic acid groups (broad SMARTS) is 1. The second-order valence-corrected chi connectivity index (χ2v) is 4.24. The Morgan fingerprint density at radius 2 is 2.17 bits per heavy atom. The molecular weight excluding hydrogens is 232 g/mol. The number of pyridine rings is 1. The highest BCUT2D eigenvalue weighted by Crippen LogP contribution is 2.13. The lowest BCUT2D eigenvalue weighted by atomic mass is 10.1. The van der Waals surface area contributed by atoms with Crippen LogP contribution >= 0.6 is 0 Å². The van der Waals surface area contributed by atoms with E-state index in [1.54, 1.807) is 25.1 Å². The zero-order valence-corrected chi connectivity index (χ0v) is 9.93.